The summed E-state index contributed by atoms with van der Waals surface area (Å²) in [6.45, 7) is 5.20. The van der Waals surface area contributed by atoms with Crippen LogP contribution in [0.3, 0.4) is 0 Å². The van der Waals surface area contributed by atoms with Gasteiger partial charge in [0, 0.05) is 19.6 Å². The molecule has 0 radical (unpaired) electrons. The minimum absolute atomic E-state index is 0.188. The van der Waals surface area contributed by atoms with Crippen molar-refractivity contribution in [3.8, 4) is 10.6 Å². The number of ether oxygens (including phenoxy) is 2. The third-order valence-electron chi connectivity index (χ3n) is 5.70. The lowest BCUT2D eigenvalue weighted by molar-refractivity contribution is -0.151. The number of carbonyl (C=O) groups is 3. The Hall–Kier alpha value is -3.27. The summed E-state index contributed by atoms with van der Waals surface area (Å²) in [5, 5.41) is 6.85. The van der Waals surface area contributed by atoms with Crippen molar-refractivity contribution in [3.63, 3.8) is 0 Å². The van der Waals surface area contributed by atoms with Gasteiger partial charge in [-0.15, -0.1) is 11.3 Å². The maximum absolute atomic E-state index is 13.0. The fraction of sp³-hybridized carbons (Fsp3) is 0.435. The number of pyridine rings is 1. The highest BCUT2D eigenvalue weighted by atomic mass is 32.1. The average Bonchev–Trinajstić information content (AvgIpc) is 3.52. The van der Waals surface area contributed by atoms with Crippen LogP contribution < -0.4 is 0 Å². The summed E-state index contributed by atoms with van der Waals surface area (Å²) in [6, 6.07) is 5.54. The van der Waals surface area contributed by atoms with E-state index >= 15 is 0 Å². The molecule has 174 valence electrons. The second kappa shape index (κ2) is 10.1. The van der Waals surface area contributed by atoms with E-state index in [2.05, 4.69) is 10.1 Å². The summed E-state index contributed by atoms with van der Waals surface area (Å²) in [4.78, 5) is 44.7. The van der Waals surface area contributed by atoms with Crippen LogP contribution in [0.1, 0.15) is 37.0 Å². The van der Waals surface area contributed by atoms with Crippen molar-refractivity contribution in [2.75, 3.05) is 26.3 Å². The Kier molecular flexibility index (Phi) is 7.02. The summed E-state index contributed by atoms with van der Waals surface area (Å²) in [5.74, 6) is -1.27. The normalized spacial score (nSPS) is 14.4. The monoisotopic (exact) mass is 470 g/mol. The van der Waals surface area contributed by atoms with Gasteiger partial charge in [0.2, 0.25) is 0 Å². The summed E-state index contributed by atoms with van der Waals surface area (Å²) in [5.41, 5.74) is 1.59. The van der Waals surface area contributed by atoms with Crippen LogP contribution in [-0.2, 0) is 25.6 Å². The first-order valence-corrected chi connectivity index (χ1v) is 11.9. The lowest BCUT2D eigenvalue weighted by Gasteiger charge is -2.30. The zero-order chi connectivity index (χ0) is 23.4. The molecule has 4 heterocycles. The number of rotatable bonds is 7. The van der Waals surface area contributed by atoms with E-state index in [-0.39, 0.29) is 24.4 Å². The van der Waals surface area contributed by atoms with Gasteiger partial charge in [-0.2, -0.15) is 5.10 Å². The summed E-state index contributed by atoms with van der Waals surface area (Å²) < 4.78 is 12.2. The number of fused-ring (bicyclic) bond motifs is 1. The van der Waals surface area contributed by atoms with Crippen molar-refractivity contribution in [1.82, 2.24) is 19.7 Å². The molecule has 0 N–H and O–H groups in total. The Morgan fingerprint density at radius 2 is 1.97 bits per heavy atom. The largest absolute Gasteiger partial charge is 0.466 e. The number of nitrogens with zero attached hydrogens (tertiary/aromatic N) is 4. The van der Waals surface area contributed by atoms with Gasteiger partial charge in [0.1, 0.15) is 0 Å². The van der Waals surface area contributed by atoms with Crippen LogP contribution in [0.15, 0.2) is 29.8 Å². The van der Waals surface area contributed by atoms with E-state index in [1.165, 1.54) is 11.3 Å². The van der Waals surface area contributed by atoms with E-state index in [1.807, 2.05) is 24.4 Å². The van der Waals surface area contributed by atoms with E-state index < -0.39 is 5.97 Å². The van der Waals surface area contributed by atoms with Gasteiger partial charge in [-0.3, -0.25) is 9.59 Å². The zero-order valence-corrected chi connectivity index (χ0v) is 19.5. The lowest BCUT2D eigenvalue weighted by atomic mass is 9.97. The minimum atomic E-state index is -0.592. The van der Waals surface area contributed by atoms with Crippen LogP contribution in [0.4, 0.5) is 0 Å². The molecular weight excluding hydrogens is 444 g/mol. The maximum Gasteiger partial charge on any atom is 0.339 e. The van der Waals surface area contributed by atoms with Gasteiger partial charge in [-0.25, -0.2) is 14.5 Å². The fourth-order valence-electron chi connectivity index (χ4n) is 3.92. The second-order valence-corrected chi connectivity index (χ2v) is 8.66. The van der Waals surface area contributed by atoms with Crippen molar-refractivity contribution in [1.29, 1.82) is 0 Å². The number of aryl methyl sites for hydroxylation is 1. The molecule has 3 aromatic rings. The molecule has 3 aromatic heterocycles. The number of aromatic nitrogens is 3. The highest BCUT2D eigenvalue weighted by molar-refractivity contribution is 7.13. The Morgan fingerprint density at radius 3 is 2.64 bits per heavy atom. The standard InChI is InChI=1S/C23H26N4O5S/c1-3-27-21-17(13-24-27)16(12-18(25-21)19-6-5-11-33-19)23(30)32-14-20(28)26-9-7-15(8-10-26)22(29)31-4-2/h5-6,11-13,15H,3-4,7-10,14H2,1-2H3. The van der Waals surface area contributed by atoms with Gasteiger partial charge in [0.15, 0.2) is 12.3 Å². The summed E-state index contributed by atoms with van der Waals surface area (Å²) in [7, 11) is 0. The molecule has 0 unspecified atom stereocenters. The Morgan fingerprint density at radius 1 is 1.18 bits per heavy atom. The molecule has 0 bridgehead atoms. The number of likely N-dealkylation sites (tertiary alicyclic amines) is 1. The predicted octanol–water partition coefficient (Wildman–Crippen LogP) is 3.14. The van der Waals surface area contributed by atoms with Gasteiger partial charge >= 0.3 is 11.9 Å². The van der Waals surface area contributed by atoms with Gasteiger partial charge in [0.05, 0.1) is 40.2 Å². The third-order valence-corrected chi connectivity index (χ3v) is 6.59. The first-order valence-electron chi connectivity index (χ1n) is 11.0. The number of carbonyl (C=O) groups excluding carboxylic acids is 3. The van der Waals surface area contributed by atoms with Gasteiger partial charge in [0.25, 0.3) is 5.91 Å². The predicted molar refractivity (Wildman–Crippen MR) is 123 cm³/mol. The number of hydrogen-bond acceptors (Lipinski definition) is 8. The Bertz CT molecular complexity index is 1150. The minimum Gasteiger partial charge on any atom is -0.466 e. The number of amides is 1. The first-order chi connectivity index (χ1) is 16.0. The van der Waals surface area contributed by atoms with Crippen LogP contribution >= 0.6 is 11.3 Å². The molecule has 1 amide bonds. The molecule has 1 saturated heterocycles. The van der Waals surface area contributed by atoms with E-state index in [0.717, 1.165) is 4.88 Å². The van der Waals surface area contributed by atoms with Crippen molar-refractivity contribution < 1.29 is 23.9 Å². The first kappa shape index (κ1) is 22.9. The molecule has 0 aliphatic carbocycles. The van der Waals surface area contributed by atoms with Crippen LogP contribution in [0.2, 0.25) is 0 Å². The topological polar surface area (TPSA) is 104 Å². The second-order valence-electron chi connectivity index (χ2n) is 7.71. The molecular formula is C23H26N4O5S. The number of hydrogen-bond donors (Lipinski definition) is 0. The maximum atomic E-state index is 13.0. The van der Waals surface area contributed by atoms with Crippen LogP contribution in [0.25, 0.3) is 21.6 Å². The highest BCUT2D eigenvalue weighted by Crippen LogP contribution is 2.28. The van der Waals surface area contributed by atoms with Gasteiger partial charge in [-0.05, 0) is 44.2 Å². The molecule has 33 heavy (non-hydrogen) atoms. The third kappa shape index (κ3) is 4.90. The van der Waals surface area contributed by atoms with Gasteiger partial charge < -0.3 is 14.4 Å². The number of thiophene rings is 1. The van der Waals surface area contributed by atoms with E-state index in [4.69, 9.17) is 9.47 Å². The SMILES string of the molecule is CCOC(=O)C1CCN(C(=O)COC(=O)c2cc(-c3cccs3)nc3c2cnn3CC)CC1. The average molecular weight is 471 g/mol. The van der Waals surface area contributed by atoms with Crippen molar-refractivity contribution in [3.05, 3.63) is 35.3 Å². The summed E-state index contributed by atoms with van der Waals surface area (Å²) >= 11 is 1.53. The number of esters is 2. The molecule has 10 heteroatoms. The smallest absolute Gasteiger partial charge is 0.339 e. The van der Waals surface area contributed by atoms with Gasteiger partial charge in [-0.1, -0.05) is 6.07 Å². The molecule has 0 spiro atoms. The Balaban J connectivity index is 1.44. The highest BCUT2D eigenvalue weighted by Gasteiger charge is 2.29. The number of piperidine rings is 1. The van der Waals surface area contributed by atoms with Crippen LogP contribution in [-0.4, -0.2) is 63.8 Å². The molecule has 0 saturated carbocycles. The molecule has 4 rings (SSSR count). The Labute approximate surface area is 195 Å². The van der Waals surface area contributed by atoms with Crippen molar-refractivity contribution in [2.45, 2.75) is 33.2 Å². The summed E-state index contributed by atoms with van der Waals surface area (Å²) in [6.07, 6.45) is 2.69. The lowest BCUT2D eigenvalue weighted by Crippen LogP contribution is -2.42. The molecule has 0 aromatic carbocycles. The molecule has 1 aliphatic heterocycles. The fourth-order valence-corrected chi connectivity index (χ4v) is 4.61. The van der Waals surface area contributed by atoms with Crippen LogP contribution in [0, 0.1) is 5.92 Å². The zero-order valence-electron chi connectivity index (χ0n) is 18.7. The molecule has 0 atom stereocenters. The van der Waals surface area contributed by atoms with Crippen molar-refractivity contribution >= 4 is 40.2 Å². The van der Waals surface area contributed by atoms with E-state index in [9.17, 15) is 14.4 Å². The molecule has 1 fully saturated rings. The van der Waals surface area contributed by atoms with E-state index in [1.54, 1.807) is 28.8 Å². The quantitative estimate of drug-likeness (QED) is 0.489. The molecule has 9 nitrogen and oxygen atoms in total. The van der Waals surface area contributed by atoms with Crippen LogP contribution in [0.5, 0.6) is 0 Å². The molecule has 1 aliphatic rings. The van der Waals surface area contributed by atoms with Crippen molar-refractivity contribution in [2.24, 2.45) is 5.92 Å². The van der Waals surface area contributed by atoms with E-state index in [0.29, 0.717) is 61.4 Å².